The van der Waals surface area contributed by atoms with Gasteiger partial charge in [-0.3, -0.25) is 4.99 Å². The number of aliphatic imine (C=N–C) groups is 1. The lowest BCUT2D eigenvalue weighted by atomic mass is 10.5. The van der Waals surface area contributed by atoms with Gasteiger partial charge in [-0.15, -0.1) is 0 Å². The van der Waals surface area contributed by atoms with E-state index in [1.54, 1.807) is 14.1 Å². The minimum absolute atomic E-state index is 0.208. The second-order valence-electron chi connectivity index (χ2n) is 1.34. The largest absolute Gasteiger partial charge is 0.379 e. The number of nitrogens with zero attached hydrogens (tertiary/aromatic N) is 2. The smallest absolute Gasteiger partial charge is 0.185 e. The van der Waals surface area contributed by atoms with Crippen molar-refractivity contribution in [1.29, 1.82) is 0 Å². The fourth-order valence-corrected chi connectivity index (χ4v) is 0.416. The van der Waals surface area contributed by atoms with Gasteiger partial charge in [0.05, 0.1) is 0 Å². The molecular formula is C4H11N5. The summed E-state index contributed by atoms with van der Waals surface area (Å²) in [5.41, 5.74) is 5.27. The molecule has 0 bridgehead atoms. The molecule has 0 aliphatic rings. The third-order valence-corrected chi connectivity index (χ3v) is 0.842. The molecule has 0 spiro atoms. The summed E-state index contributed by atoms with van der Waals surface area (Å²) in [7, 11) is 3.30. The highest BCUT2D eigenvalue weighted by molar-refractivity contribution is 6.39. The van der Waals surface area contributed by atoms with Crippen molar-refractivity contribution in [3.63, 3.8) is 0 Å². The summed E-state index contributed by atoms with van der Waals surface area (Å²) in [6, 6.07) is 0. The molecule has 0 aliphatic heterocycles. The van der Waals surface area contributed by atoms with Crippen LogP contribution in [0.25, 0.3) is 0 Å². The standard InChI is InChI=1S/C4H11N5/c1-7-4(8-2)3(5)9-6/h6H2,1-2H3,(H2,5,9)(H,7,8). The summed E-state index contributed by atoms with van der Waals surface area (Å²) in [6.45, 7) is 0. The van der Waals surface area contributed by atoms with Gasteiger partial charge >= 0.3 is 0 Å². The molecule has 0 unspecified atom stereocenters. The maximum absolute atomic E-state index is 5.27. The van der Waals surface area contributed by atoms with Gasteiger partial charge in [-0.2, -0.15) is 5.10 Å². The van der Waals surface area contributed by atoms with Crippen molar-refractivity contribution < 1.29 is 0 Å². The maximum Gasteiger partial charge on any atom is 0.185 e. The molecule has 0 heterocycles. The third kappa shape index (κ3) is 1.98. The number of amidine groups is 2. The molecule has 0 rings (SSSR count). The van der Waals surface area contributed by atoms with Gasteiger partial charge in [-0.05, 0) is 0 Å². The number of nitrogens with two attached hydrogens (primary N) is 2. The van der Waals surface area contributed by atoms with Crippen molar-refractivity contribution in [3.8, 4) is 0 Å². The first-order valence-electron chi connectivity index (χ1n) is 2.44. The highest BCUT2D eigenvalue weighted by Gasteiger charge is 1.96. The summed E-state index contributed by atoms with van der Waals surface area (Å²) < 4.78 is 0. The number of hydrogen-bond acceptors (Lipinski definition) is 3. The molecule has 5 heteroatoms. The molecule has 0 amide bonds. The van der Waals surface area contributed by atoms with Crippen molar-refractivity contribution in [2.75, 3.05) is 14.1 Å². The normalized spacial score (nSPS) is 13.6. The molecule has 0 aromatic carbocycles. The average Bonchev–Trinajstić information content (AvgIpc) is 1.90. The molecule has 0 aliphatic carbocycles. The van der Waals surface area contributed by atoms with Crippen LogP contribution in [0.1, 0.15) is 0 Å². The van der Waals surface area contributed by atoms with Crippen molar-refractivity contribution >= 4 is 11.7 Å². The van der Waals surface area contributed by atoms with E-state index in [0.717, 1.165) is 0 Å². The van der Waals surface area contributed by atoms with Gasteiger partial charge in [0.25, 0.3) is 0 Å². The van der Waals surface area contributed by atoms with E-state index in [2.05, 4.69) is 15.4 Å². The number of hydrogen-bond donors (Lipinski definition) is 3. The van der Waals surface area contributed by atoms with E-state index >= 15 is 0 Å². The van der Waals surface area contributed by atoms with E-state index in [1.165, 1.54) is 0 Å². The second kappa shape index (κ2) is 3.71. The Kier molecular flexibility index (Phi) is 3.19. The SMILES string of the molecule is CN=C(NC)/C(N)=N/N. The van der Waals surface area contributed by atoms with Crippen molar-refractivity contribution in [3.05, 3.63) is 0 Å². The van der Waals surface area contributed by atoms with Crippen LogP contribution in [0.3, 0.4) is 0 Å². The molecule has 5 N–H and O–H groups in total. The first-order valence-corrected chi connectivity index (χ1v) is 2.44. The van der Waals surface area contributed by atoms with Crippen LogP contribution in [0.5, 0.6) is 0 Å². The Morgan fingerprint density at radius 3 is 2.22 bits per heavy atom. The highest BCUT2D eigenvalue weighted by Crippen LogP contribution is 1.68. The lowest BCUT2D eigenvalue weighted by Crippen LogP contribution is -2.34. The van der Waals surface area contributed by atoms with Crippen molar-refractivity contribution in [2.45, 2.75) is 0 Å². The molecule has 0 fully saturated rings. The third-order valence-electron chi connectivity index (χ3n) is 0.842. The zero-order valence-corrected chi connectivity index (χ0v) is 5.55. The Labute approximate surface area is 53.8 Å². The zero-order valence-electron chi connectivity index (χ0n) is 5.55. The summed E-state index contributed by atoms with van der Waals surface area (Å²) >= 11 is 0. The number of hydrazone groups is 1. The monoisotopic (exact) mass is 129 g/mol. The summed E-state index contributed by atoms with van der Waals surface area (Å²) in [6.07, 6.45) is 0. The number of likely N-dealkylation sites (N-methyl/N-ethyl adjacent to an activating group) is 1. The van der Waals surface area contributed by atoms with Crippen LogP contribution in [-0.2, 0) is 0 Å². The molecule has 0 radical (unpaired) electrons. The van der Waals surface area contributed by atoms with Crippen LogP contribution in [-0.4, -0.2) is 25.8 Å². The minimum atomic E-state index is 0.208. The molecule has 0 aromatic heterocycles. The van der Waals surface area contributed by atoms with Gasteiger partial charge in [0.15, 0.2) is 11.7 Å². The Balaban J connectivity index is 4.14. The van der Waals surface area contributed by atoms with Crippen LogP contribution in [0, 0.1) is 0 Å². The van der Waals surface area contributed by atoms with Gasteiger partial charge in [0.2, 0.25) is 0 Å². The lowest BCUT2D eigenvalue weighted by Gasteiger charge is -1.99. The molecule has 9 heavy (non-hydrogen) atoms. The predicted molar refractivity (Wildman–Crippen MR) is 38.2 cm³/mol. The highest BCUT2D eigenvalue weighted by atomic mass is 15.2. The molecule has 0 atom stereocenters. The topological polar surface area (TPSA) is 88.8 Å². The maximum atomic E-state index is 5.27. The molecule has 5 nitrogen and oxygen atoms in total. The van der Waals surface area contributed by atoms with Gasteiger partial charge < -0.3 is 16.9 Å². The molecule has 52 valence electrons. The van der Waals surface area contributed by atoms with E-state index in [1.807, 2.05) is 0 Å². The fraction of sp³-hybridized carbons (Fsp3) is 0.500. The van der Waals surface area contributed by atoms with E-state index in [0.29, 0.717) is 5.84 Å². The van der Waals surface area contributed by atoms with Crippen LogP contribution in [0.4, 0.5) is 0 Å². The van der Waals surface area contributed by atoms with E-state index in [-0.39, 0.29) is 5.84 Å². The fourth-order valence-electron chi connectivity index (χ4n) is 0.416. The van der Waals surface area contributed by atoms with E-state index < -0.39 is 0 Å². The first-order chi connectivity index (χ1) is 4.26. The van der Waals surface area contributed by atoms with Crippen LogP contribution in [0.15, 0.2) is 10.1 Å². The number of rotatable bonds is 0. The first kappa shape index (κ1) is 7.74. The van der Waals surface area contributed by atoms with E-state index in [4.69, 9.17) is 11.6 Å². The Hall–Kier alpha value is -1.26. The van der Waals surface area contributed by atoms with Gasteiger partial charge in [0, 0.05) is 14.1 Å². The van der Waals surface area contributed by atoms with Gasteiger partial charge in [-0.25, -0.2) is 0 Å². The Morgan fingerprint density at radius 2 is 2.11 bits per heavy atom. The molecule has 0 aromatic rings. The van der Waals surface area contributed by atoms with Gasteiger partial charge in [0.1, 0.15) is 0 Å². The summed E-state index contributed by atoms with van der Waals surface area (Å²) in [5, 5.41) is 5.95. The predicted octanol–water partition coefficient (Wildman–Crippen LogP) is -1.53. The second-order valence-corrected chi connectivity index (χ2v) is 1.34. The Morgan fingerprint density at radius 1 is 1.56 bits per heavy atom. The van der Waals surface area contributed by atoms with Gasteiger partial charge in [-0.1, -0.05) is 0 Å². The minimum Gasteiger partial charge on any atom is -0.379 e. The van der Waals surface area contributed by atoms with Crippen LogP contribution < -0.4 is 16.9 Å². The average molecular weight is 129 g/mol. The van der Waals surface area contributed by atoms with Crippen molar-refractivity contribution in [2.24, 2.45) is 21.7 Å². The molecule has 0 saturated heterocycles. The quantitative estimate of drug-likeness (QED) is 0.160. The number of nitrogens with one attached hydrogen (secondary N) is 1. The summed E-state index contributed by atoms with van der Waals surface area (Å²) in [4.78, 5) is 3.75. The zero-order chi connectivity index (χ0) is 7.28. The molecular weight excluding hydrogens is 118 g/mol. The lowest BCUT2D eigenvalue weighted by molar-refractivity contribution is 1.15. The van der Waals surface area contributed by atoms with Crippen molar-refractivity contribution in [1.82, 2.24) is 5.32 Å². The summed E-state index contributed by atoms with van der Waals surface area (Å²) in [5.74, 6) is 5.57. The molecule has 0 saturated carbocycles. The Bertz CT molecular complexity index is 136. The van der Waals surface area contributed by atoms with Crippen LogP contribution in [0.2, 0.25) is 0 Å². The van der Waals surface area contributed by atoms with Crippen LogP contribution >= 0.6 is 0 Å². The van der Waals surface area contributed by atoms with E-state index in [9.17, 15) is 0 Å².